The second-order valence-electron chi connectivity index (χ2n) is 9.29. The van der Waals surface area contributed by atoms with E-state index in [1.165, 1.54) is 6.07 Å². The van der Waals surface area contributed by atoms with Crippen LogP contribution in [0.2, 0.25) is 0 Å². The highest BCUT2D eigenvalue weighted by Crippen LogP contribution is 2.24. The third-order valence-corrected chi connectivity index (χ3v) is 7.02. The lowest BCUT2D eigenvalue weighted by Crippen LogP contribution is -2.51. The molecule has 1 aromatic heterocycles. The Balaban J connectivity index is 1.25. The Kier molecular flexibility index (Phi) is 7.21. The molecule has 5 rings (SSSR count). The van der Waals surface area contributed by atoms with E-state index in [0.717, 1.165) is 22.2 Å². The summed E-state index contributed by atoms with van der Waals surface area (Å²) < 4.78 is 21.5. The quantitative estimate of drug-likeness (QED) is 0.369. The Hall–Kier alpha value is -4.13. The number of hydrogen-bond acceptors (Lipinski definition) is 3. The molecule has 1 aliphatic rings. The lowest BCUT2D eigenvalue weighted by atomic mass is 10.1. The fraction of sp³-hybridized carbons (Fsp3) is 0.267. The van der Waals surface area contributed by atoms with Crippen LogP contribution in [0.25, 0.3) is 10.9 Å². The number of amides is 2. The molecule has 2 amide bonds. The van der Waals surface area contributed by atoms with Gasteiger partial charge in [0, 0.05) is 49.1 Å². The van der Waals surface area contributed by atoms with Crippen molar-refractivity contribution < 1.29 is 18.7 Å². The number of methoxy groups -OCH3 is 1. The van der Waals surface area contributed by atoms with Gasteiger partial charge in [-0.25, -0.2) is 4.39 Å². The van der Waals surface area contributed by atoms with Crippen LogP contribution in [-0.2, 0) is 17.8 Å². The number of para-hydroxylation sites is 1. The Bertz CT molecular complexity index is 1410. The van der Waals surface area contributed by atoms with Gasteiger partial charge in [-0.3, -0.25) is 9.59 Å². The highest BCUT2D eigenvalue weighted by atomic mass is 19.1. The van der Waals surface area contributed by atoms with Crippen molar-refractivity contribution in [1.82, 2.24) is 14.4 Å². The van der Waals surface area contributed by atoms with Gasteiger partial charge in [0.15, 0.2) is 0 Å². The van der Waals surface area contributed by atoms with E-state index in [-0.39, 0.29) is 24.2 Å². The molecule has 7 heteroatoms. The van der Waals surface area contributed by atoms with Gasteiger partial charge >= 0.3 is 0 Å². The normalized spacial score (nSPS) is 13.7. The van der Waals surface area contributed by atoms with E-state index in [9.17, 15) is 14.0 Å². The molecule has 0 radical (unpaired) electrons. The van der Waals surface area contributed by atoms with E-state index in [2.05, 4.69) is 0 Å². The monoisotopic (exact) mass is 499 g/mol. The van der Waals surface area contributed by atoms with E-state index in [4.69, 9.17) is 4.74 Å². The largest absolute Gasteiger partial charge is 0.497 e. The Labute approximate surface area is 215 Å². The molecule has 0 bridgehead atoms. The number of piperazine rings is 1. The number of aryl methyl sites for hydroxylation is 1. The maximum absolute atomic E-state index is 14.4. The first kappa shape index (κ1) is 24.6. The molecule has 0 aliphatic carbocycles. The molecule has 1 saturated heterocycles. The van der Waals surface area contributed by atoms with Crippen LogP contribution in [0.15, 0.2) is 78.9 Å². The molecule has 3 aromatic carbocycles. The van der Waals surface area contributed by atoms with E-state index >= 15 is 0 Å². The predicted molar refractivity (Wildman–Crippen MR) is 141 cm³/mol. The van der Waals surface area contributed by atoms with Crippen LogP contribution < -0.4 is 4.74 Å². The Morgan fingerprint density at radius 3 is 2.27 bits per heavy atom. The maximum Gasteiger partial charge on any atom is 0.270 e. The number of carbonyl (C=O) groups is 2. The number of fused-ring (bicyclic) bond motifs is 1. The van der Waals surface area contributed by atoms with E-state index in [1.807, 2.05) is 64.1 Å². The summed E-state index contributed by atoms with van der Waals surface area (Å²) in [6.07, 6.45) is 1.09. The van der Waals surface area contributed by atoms with Crippen molar-refractivity contribution in [3.05, 3.63) is 102 Å². The number of aromatic nitrogens is 1. The van der Waals surface area contributed by atoms with E-state index in [1.54, 1.807) is 30.2 Å². The number of hydrogen-bond donors (Lipinski definition) is 0. The van der Waals surface area contributed by atoms with Crippen molar-refractivity contribution >= 4 is 22.7 Å². The molecule has 6 nitrogen and oxygen atoms in total. The Morgan fingerprint density at radius 1 is 0.865 bits per heavy atom. The number of nitrogens with zero attached hydrogens (tertiary/aromatic N) is 3. The summed E-state index contributed by atoms with van der Waals surface area (Å²) in [5.74, 6) is 0.499. The van der Waals surface area contributed by atoms with Gasteiger partial charge in [0.1, 0.15) is 17.3 Å². The minimum atomic E-state index is -0.291. The molecule has 0 spiro atoms. The van der Waals surface area contributed by atoms with Crippen LogP contribution >= 0.6 is 0 Å². The van der Waals surface area contributed by atoms with Crippen molar-refractivity contribution in [2.24, 2.45) is 0 Å². The summed E-state index contributed by atoms with van der Waals surface area (Å²) >= 11 is 0. The van der Waals surface area contributed by atoms with Gasteiger partial charge in [0.25, 0.3) is 5.91 Å². The molecular formula is C30H30FN3O3. The van der Waals surface area contributed by atoms with Gasteiger partial charge in [-0.05, 0) is 42.3 Å². The average Bonchev–Trinajstić information content (AvgIpc) is 3.31. The van der Waals surface area contributed by atoms with Gasteiger partial charge in [0.2, 0.25) is 5.91 Å². The molecule has 37 heavy (non-hydrogen) atoms. The third-order valence-electron chi connectivity index (χ3n) is 7.02. The van der Waals surface area contributed by atoms with E-state index in [0.29, 0.717) is 50.3 Å². The van der Waals surface area contributed by atoms with Crippen molar-refractivity contribution in [2.45, 2.75) is 19.4 Å². The highest BCUT2D eigenvalue weighted by molar-refractivity contribution is 5.99. The number of benzene rings is 3. The number of rotatable bonds is 7. The standard InChI is InChI=1S/C30H30FN3O3/c1-37-25-13-10-22(11-14-25)12-15-29(35)32-16-18-33(19-17-32)30(36)28-20-23-6-3-5-9-27(23)34(28)21-24-7-2-4-8-26(24)31/h2-11,13-14,20H,12,15-19,21H2,1H3. The van der Waals surface area contributed by atoms with Crippen molar-refractivity contribution in [3.63, 3.8) is 0 Å². The second-order valence-corrected chi connectivity index (χ2v) is 9.29. The van der Waals surface area contributed by atoms with Crippen molar-refractivity contribution in [2.75, 3.05) is 33.3 Å². The first-order chi connectivity index (χ1) is 18.0. The molecule has 0 atom stereocenters. The zero-order chi connectivity index (χ0) is 25.8. The van der Waals surface area contributed by atoms with Gasteiger partial charge in [-0.2, -0.15) is 0 Å². The first-order valence-corrected chi connectivity index (χ1v) is 12.5. The molecule has 1 fully saturated rings. The van der Waals surface area contributed by atoms with Crippen LogP contribution in [-0.4, -0.2) is 59.5 Å². The zero-order valence-electron chi connectivity index (χ0n) is 20.9. The summed E-state index contributed by atoms with van der Waals surface area (Å²) in [4.78, 5) is 30.0. The van der Waals surface area contributed by atoms with Gasteiger partial charge < -0.3 is 19.1 Å². The topological polar surface area (TPSA) is 54.8 Å². The lowest BCUT2D eigenvalue weighted by molar-refractivity contribution is -0.132. The van der Waals surface area contributed by atoms with Crippen molar-refractivity contribution in [1.29, 1.82) is 0 Å². The molecule has 1 aliphatic heterocycles. The summed E-state index contributed by atoms with van der Waals surface area (Å²) in [5, 5.41) is 0.939. The van der Waals surface area contributed by atoms with E-state index < -0.39 is 0 Å². The molecule has 0 unspecified atom stereocenters. The first-order valence-electron chi connectivity index (χ1n) is 12.5. The third kappa shape index (κ3) is 5.35. The van der Waals surface area contributed by atoms with Gasteiger partial charge in [-0.15, -0.1) is 0 Å². The number of ether oxygens (including phenoxy) is 1. The van der Waals surface area contributed by atoms with Crippen molar-refractivity contribution in [3.8, 4) is 5.75 Å². The smallest absolute Gasteiger partial charge is 0.270 e. The second kappa shape index (κ2) is 10.9. The molecule has 0 N–H and O–H groups in total. The minimum absolute atomic E-state index is 0.0941. The van der Waals surface area contributed by atoms with Crippen LogP contribution in [0, 0.1) is 5.82 Å². The van der Waals surface area contributed by atoms with Crippen LogP contribution in [0.4, 0.5) is 4.39 Å². The summed E-state index contributed by atoms with van der Waals surface area (Å²) in [7, 11) is 1.63. The fourth-order valence-corrected chi connectivity index (χ4v) is 4.88. The van der Waals surface area contributed by atoms with Crippen LogP contribution in [0.1, 0.15) is 28.0 Å². The van der Waals surface area contributed by atoms with Gasteiger partial charge in [-0.1, -0.05) is 48.5 Å². The highest BCUT2D eigenvalue weighted by Gasteiger charge is 2.27. The molecule has 190 valence electrons. The molecule has 0 saturated carbocycles. The summed E-state index contributed by atoms with van der Waals surface area (Å²) in [6.45, 7) is 2.20. The minimum Gasteiger partial charge on any atom is -0.497 e. The van der Waals surface area contributed by atoms with Crippen LogP contribution in [0.5, 0.6) is 5.75 Å². The number of halogens is 1. The summed E-state index contributed by atoms with van der Waals surface area (Å²) in [6, 6.07) is 24.0. The Morgan fingerprint density at radius 2 is 1.54 bits per heavy atom. The average molecular weight is 500 g/mol. The molecule has 4 aromatic rings. The van der Waals surface area contributed by atoms with Gasteiger partial charge in [0.05, 0.1) is 13.7 Å². The lowest BCUT2D eigenvalue weighted by Gasteiger charge is -2.35. The maximum atomic E-state index is 14.4. The van der Waals surface area contributed by atoms with Crippen LogP contribution in [0.3, 0.4) is 0 Å². The fourth-order valence-electron chi connectivity index (χ4n) is 4.88. The zero-order valence-corrected chi connectivity index (χ0v) is 20.9. The predicted octanol–water partition coefficient (Wildman–Crippen LogP) is 4.75. The summed E-state index contributed by atoms with van der Waals surface area (Å²) in [5.41, 5.74) is 3.04. The number of carbonyl (C=O) groups excluding carboxylic acids is 2. The molecule has 2 heterocycles. The SMILES string of the molecule is COc1ccc(CCC(=O)N2CCN(C(=O)c3cc4ccccc4n3Cc3ccccc3F)CC2)cc1. The molecular weight excluding hydrogens is 469 g/mol.